The summed E-state index contributed by atoms with van der Waals surface area (Å²) >= 11 is -0.958. The Morgan fingerprint density at radius 3 is 2.86 bits per heavy atom. The molecule has 1 heterocycles. The van der Waals surface area contributed by atoms with Gasteiger partial charge in [0.05, 0.1) is 0 Å². The number of nitrogens with one attached hydrogen (secondary N) is 1. The molecule has 3 nitrogen and oxygen atoms in total. The van der Waals surface area contributed by atoms with Crippen LogP contribution in [0.1, 0.15) is 0 Å². The summed E-state index contributed by atoms with van der Waals surface area (Å²) in [5, 5.41) is 0. The minimum atomic E-state index is -0.958. The van der Waals surface area contributed by atoms with Gasteiger partial charge in [-0.2, -0.15) is 4.40 Å². The standard InChI is InChI=1S/C3H4N2OS/c4-7-5-2-1-3-6-7/h1-4H. The second-order valence-corrected chi connectivity index (χ2v) is 1.83. The van der Waals surface area contributed by atoms with E-state index in [1.807, 2.05) is 0 Å². The van der Waals surface area contributed by atoms with Crippen molar-refractivity contribution in [2.45, 2.75) is 0 Å². The maximum absolute atomic E-state index is 6.83. The van der Waals surface area contributed by atoms with E-state index in [9.17, 15) is 0 Å². The lowest BCUT2D eigenvalue weighted by molar-refractivity contribution is 0.551. The molecule has 1 rings (SSSR count). The summed E-state index contributed by atoms with van der Waals surface area (Å²) in [5.41, 5.74) is 0. The topological polar surface area (TPSA) is 45.4 Å². The van der Waals surface area contributed by atoms with Gasteiger partial charge in [-0.05, 0) is 6.08 Å². The van der Waals surface area contributed by atoms with Gasteiger partial charge in [-0.15, -0.1) is 0 Å². The molecule has 1 unspecified atom stereocenters. The number of allylic oxidation sites excluding steroid dienone is 1. The smallest absolute Gasteiger partial charge is 0.209 e. The highest BCUT2D eigenvalue weighted by Gasteiger charge is 1.86. The highest BCUT2D eigenvalue weighted by atomic mass is 32.2. The van der Waals surface area contributed by atoms with E-state index in [2.05, 4.69) is 8.58 Å². The quantitative estimate of drug-likeness (QED) is 0.500. The Kier molecular flexibility index (Phi) is 1.21. The molecule has 38 valence electrons. The van der Waals surface area contributed by atoms with Crippen LogP contribution in [-0.4, -0.2) is 6.21 Å². The Bertz CT molecular complexity index is 140. The van der Waals surface area contributed by atoms with Crippen LogP contribution in [-0.2, 0) is 15.3 Å². The fourth-order valence-corrected chi connectivity index (χ4v) is 0.635. The van der Waals surface area contributed by atoms with Gasteiger partial charge < -0.3 is 4.18 Å². The molecule has 0 aromatic carbocycles. The molecular formula is C3H4N2OS. The largest absolute Gasteiger partial charge is 0.407 e. The fraction of sp³-hybridized carbons (Fsp3) is 0. The highest BCUT2D eigenvalue weighted by molar-refractivity contribution is 7.80. The fourth-order valence-electron chi connectivity index (χ4n) is 0.235. The van der Waals surface area contributed by atoms with E-state index in [-0.39, 0.29) is 0 Å². The highest BCUT2D eigenvalue weighted by Crippen LogP contribution is 1.92. The molecule has 0 saturated carbocycles. The molecule has 0 fully saturated rings. The van der Waals surface area contributed by atoms with Crippen molar-refractivity contribution in [1.82, 2.24) is 0 Å². The van der Waals surface area contributed by atoms with Crippen LogP contribution in [0.5, 0.6) is 0 Å². The van der Waals surface area contributed by atoms with E-state index in [1.54, 1.807) is 12.3 Å². The van der Waals surface area contributed by atoms with Crippen LogP contribution in [0.15, 0.2) is 16.7 Å². The van der Waals surface area contributed by atoms with E-state index in [1.165, 1.54) is 6.26 Å². The third-order valence-electron chi connectivity index (χ3n) is 0.468. The number of hydrogen-bond acceptors (Lipinski definition) is 2. The first-order valence-electron chi connectivity index (χ1n) is 1.71. The van der Waals surface area contributed by atoms with Gasteiger partial charge in [-0.1, -0.05) is 0 Å². The molecule has 0 aromatic rings. The van der Waals surface area contributed by atoms with E-state index < -0.39 is 11.2 Å². The third kappa shape index (κ3) is 1.12. The molecule has 1 aliphatic heterocycles. The minimum Gasteiger partial charge on any atom is -0.407 e. The van der Waals surface area contributed by atoms with Gasteiger partial charge in [-0.3, -0.25) is 0 Å². The molecule has 1 atom stereocenters. The van der Waals surface area contributed by atoms with Crippen LogP contribution in [0, 0.1) is 4.78 Å². The first-order valence-corrected chi connectivity index (χ1v) is 2.82. The average molecular weight is 116 g/mol. The molecular weight excluding hydrogens is 112 g/mol. The van der Waals surface area contributed by atoms with Crippen LogP contribution < -0.4 is 0 Å². The lowest BCUT2D eigenvalue weighted by Crippen LogP contribution is -1.87. The van der Waals surface area contributed by atoms with Gasteiger partial charge in [0.15, 0.2) is 0 Å². The van der Waals surface area contributed by atoms with Gasteiger partial charge in [0.25, 0.3) is 0 Å². The van der Waals surface area contributed by atoms with Gasteiger partial charge in [0, 0.05) is 6.21 Å². The Labute approximate surface area is 43.9 Å². The van der Waals surface area contributed by atoms with Crippen molar-refractivity contribution in [3.05, 3.63) is 12.3 Å². The lowest BCUT2D eigenvalue weighted by atomic mass is 10.7. The molecule has 1 aliphatic rings. The molecule has 0 bridgehead atoms. The summed E-state index contributed by atoms with van der Waals surface area (Å²) in [6.07, 6.45) is 4.67. The summed E-state index contributed by atoms with van der Waals surface area (Å²) < 4.78 is 15.0. The van der Waals surface area contributed by atoms with Crippen molar-refractivity contribution in [3.8, 4) is 0 Å². The Morgan fingerprint density at radius 1 is 1.71 bits per heavy atom. The van der Waals surface area contributed by atoms with E-state index in [0.29, 0.717) is 0 Å². The van der Waals surface area contributed by atoms with Crippen LogP contribution in [0.4, 0.5) is 0 Å². The lowest BCUT2D eigenvalue weighted by Gasteiger charge is -1.96. The summed E-state index contributed by atoms with van der Waals surface area (Å²) in [4.78, 5) is 0. The zero-order valence-corrected chi connectivity index (χ0v) is 4.31. The van der Waals surface area contributed by atoms with E-state index >= 15 is 0 Å². The Morgan fingerprint density at radius 2 is 2.57 bits per heavy atom. The molecule has 7 heavy (non-hydrogen) atoms. The van der Waals surface area contributed by atoms with Crippen molar-refractivity contribution < 1.29 is 4.18 Å². The van der Waals surface area contributed by atoms with Crippen LogP contribution >= 0.6 is 0 Å². The van der Waals surface area contributed by atoms with E-state index in [4.69, 9.17) is 4.78 Å². The van der Waals surface area contributed by atoms with Gasteiger partial charge >= 0.3 is 0 Å². The molecule has 0 radical (unpaired) electrons. The van der Waals surface area contributed by atoms with Crippen molar-refractivity contribution in [2.75, 3.05) is 0 Å². The zero-order valence-electron chi connectivity index (χ0n) is 3.50. The third-order valence-corrected chi connectivity index (χ3v) is 1.07. The molecule has 0 spiro atoms. The van der Waals surface area contributed by atoms with Gasteiger partial charge in [0.2, 0.25) is 11.2 Å². The predicted octanol–water partition coefficient (Wildman–Crippen LogP) is 0.812. The first kappa shape index (κ1) is 4.52. The first-order chi connectivity index (χ1) is 3.39. The average Bonchev–Trinajstić information content (AvgIpc) is 1.69. The molecule has 0 saturated heterocycles. The van der Waals surface area contributed by atoms with Crippen LogP contribution in [0.3, 0.4) is 0 Å². The molecule has 0 aromatic heterocycles. The summed E-state index contributed by atoms with van der Waals surface area (Å²) in [6, 6.07) is 0. The van der Waals surface area contributed by atoms with Crippen molar-refractivity contribution >= 4 is 17.4 Å². The second-order valence-electron chi connectivity index (χ2n) is 0.928. The summed E-state index contributed by atoms with van der Waals surface area (Å²) in [5.74, 6) is 0. The van der Waals surface area contributed by atoms with E-state index in [0.717, 1.165) is 0 Å². The van der Waals surface area contributed by atoms with Crippen molar-refractivity contribution in [1.29, 1.82) is 4.78 Å². The SMILES string of the molecule is N=S1N=CC=CO1. The van der Waals surface area contributed by atoms with Crippen LogP contribution in [0.2, 0.25) is 0 Å². The maximum Gasteiger partial charge on any atom is 0.209 e. The summed E-state index contributed by atoms with van der Waals surface area (Å²) in [7, 11) is 0. The molecule has 0 amide bonds. The monoisotopic (exact) mass is 116 g/mol. The number of rotatable bonds is 0. The predicted molar refractivity (Wildman–Crippen MR) is 28.8 cm³/mol. The minimum absolute atomic E-state index is 0.958. The number of hydrogen-bond donors (Lipinski definition) is 1. The molecule has 0 aliphatic carbocycles. The van der Waals surface area contributed by atoms with Gasteiger partial charge in [-0.25, -0.2) is 4.78 Å². The Hall–Kier alpha value is -0.640. The normalized spacial score (nSPS) is 27.1. The van der Waals surface area contributed by atoms with Gasteiger partial charge in [0.1, 0.15) is 6.26 Å². The van der Waals surface area contributed by atoms with Crippen LogP contribution in [0.25, 0.3) is 0 Å². The second kappa shape index (κ2) is 1.88. The number of nitrogens with zero attached hydrogens (tertiary/aromatic N) is 1. The summed E-state index contributed by atoms with van der Waals surface area (Å²) in [6.45, 7) is 0. The molecule has 4 heteroatoms. The molecule has 1 N–H and O–H groups in total. The Balaban J connectivity index is 2.66. The maximum atomic E-state index is 6.83. The van der Waals surface area contributed by atoms with Crippen molar-refractivity contribution in [2.24, 2.45) is 4.40 Å². The van der Waals surface area contributed by atoms with Crippen molar-refractivity contribution in [3.63, 3.8) is 0 Å². The zero-order chi connectivity index (χ0) is 5.11.